The van der Waals surface area contributed by atoms with Crippen molar-refractivity contribution in [3.05, 3.63) is 42.5 Å². The third-order valence-corrected chi connectivity index (χ3v) is 5.35. The van der Waals surface area contributed by atoms with E-state index in [-0.39, 0.29) is 17.0 Å². The van der Waals surface area contributed by atoms with E-state index in [1.165, 1.54) is 17.8 Å². The molecule has 1 atom stereocenters. The fourth-order valence-corrected chi connectivity index (χ4v) is 3.72. The van der Waals surface area contributed by atoms with E-state index in [4.69, 9.17) is 0 Å². The highest BCUT2D eigenvalue weighted by atomic mass is 32.2. The van der Waals surface area contributed by atoms with Crippen LogP contribution in [0.4, 0.5) is 10.1 Å². The maximum absolute atomic E-state index is 13.9. The molecule has 1 aliphatic rings. The molecule has 3 rings (SSSR count). The Balaban J connectivity index is 1.57. The lowest BCUT2D eigenvalue weighted by atomic mass is 10.2. The predicted octanol–water partition coefficient (Wildman–Crippen LogP) is 2.39. The van der Waals surface area contributed by atoms with Gasteiger partial charge in [-0.25, -0.2) is 9.37 Å². The first-order valence-corrected chi connectivity index (χ1v) is 8.86. The molecule has 0 N–H and O–H groups in total. The zero-order chi connectivity index (χ0) is 17.1. The minimum absolute atomic E-state index is 0.108. The van der Waals surface area contributed by atoms with E-state index in [1.807, 2.05) is 40.6 Å². The summed E-state index contributed by atoms with van der Waals surface area (Å²) in [6.07, 6.45) is 3.60. The van der Waals surface area contributed by atoms with Gasteiger partial charge in [-0.3, -0.25) is 4.79 Å². The molecule has 5 nitrogen and oxygen atoms in total. The zero-order valence-corrected chi connectivity index (χ0v) is 14.7. The first kappa shape index (κ1) is 16.8. The van der Waals surface area contributed by atoms with Crippen molar-refractivity contribution in [3.63, 3.8) is 0 Å². The number of amides is 1. The molecule has 0 bridgehead atoms. The summed E-state index contributed by atoms with van der Waals surface area (Å²) in [4.78, 5) is 20.7. The second-order valence-corrected chi connectivity index (χ2v) is 7.15. The van der Waals surface area contributed by atoms with Crippen LogP contribution >= 0.6 is 11.8 Å². The smallest absolute Gasteiger partial charge is 0.236 e. The summed E-state index contributed by atoms with van der Waals surface area (Å²) in [6.45, 7) is 4.42. The maximum atomic E-state index is 13.9. The summed E-state index contributed by atoms with van der Waals surface area (Å²) in [5.74, 6) is -0.104. The van der Waals surface area contributed by atoms with Gasteiger partial charge in [0.1, 0.15) is 5.82 Å². The zero-order valence-electron chi connectivity index (χ0n) is 13.9. The van der Waals surface area contributed by atoms with Crippen molar-refractivity contribution in [2.75, 3.05) is 31.1 Å². The van der Waals surface area contributed by atoms with Gasteiger partial charge in [-0.2, -0.15) is 0 Å². The summed E-state index contributed by atoms with van der Waals surface area (Å²) in [5, 5.41) is 0.645. The second-order valence-electron chi connectivity index (χ2n) is 5.84. The first-order valence-electron chi connectivity index (χ1n) is 7.98. The second kappa shape index (κ2) is 7.25. The van der Waals surface area contributed by atoms with E-state index in [9.17, 15) is 9.18 Å². The van der Waals surface area contributed by atoms with Crippen molar-refractivity contribution in [1.29, 1.82) is 0 Å². The van der Waals surface area contributed by atoms with Gasteiger partial charge in [0.2, 0.25) is 5.91 Å². The number of imidazole rings is 1. The summed E-state index contributed by atoms with van der Waals surface area (Å²) in [6, 6.07) is 6.78. The van der Waals surface area contributed by atoms with Gasteiger partial charge in [0.15, 0.2) is 5.16 Å². The number of carbonyl (C=O) groups excluding carboxylic acids is 1. The number of para-hydroxylation sites is 1. The Bertz CT molecular complexity index is 712. The van der Waals surface area contributed by atoms with Crippen LogP contribution < -0.4 is 4.90 Å². The highest BCUT2D eigenvalue weighted by molar-refractivity contribution is 8.00. The van der Waals surface area contributed by atoms with Crippen LogP contribution in [-0.4, -0.2) is 51.8 Å². The van der Waals surface area contributed by atoms with E-state index >= 15 is 0 Å². The van der Waals surface area contributed by atoms with Crippen LogP contribution in [0.5, 0.6) is 0 Å². The number of hydrogen-bond acceptors (Lipinski definition) is 4. The Hall–Kier alpha value is -2.02. The number of anilines is 1. The minimum Gasteiger partial charge on any atom is -0.366 e. The number of aryl methyl sites for hydroxylation is 1. The van der Waals surface area contributed by atoms with Crippen molar-refractivity contribution >= 4 is 23.4 Å². The lowest BCUT2D eigenvalue weighted by molar-refractivity contribution is -0.130. The molecule has 2 heterocycles. The Morgan fingerprint density at radius 2 is 1.96 bits per heavy atom. The van der Waals surface area contributed by atoms with Crippen molar-refractivity contribution in [2.45, 2.75) is 17.3 Å². The number of rotatable bonds is 4. The molecule has 0 saturated carbocycles. The number of nitrogens with zero attached hydrogens (tertiary/aromatic N) is 4. The predicted molar refractivity (Wildman–Crippen MR) is 93.7 cm³/mol. The van der Waals surface area contributed by atoms with Gasteiger partial charge < -0.3 is 14.4 Å². The monoisotopic (exact) mass is 348 g/mol. The normalized spacial score (nSPS) is 16.3. The Kier molecular flexibility index (Phi) is 5.08. The molecule has 1 amide bonds. The maximum Gasteiger partial charge on any atom is 0.236 e. The van der Waals surface area contributed by atoms with Crippen molar-refractivity contribution < 1.29 is 9.18 Å². The molecule has 0 aliphatic carbocycles. The molecule has 1 saturated heterocycles. The highest BCUT2D eigenvalue weighted by Crippen LogP contribution is 2.24. The van der Waals surface area contributed by atoms with Crippen LogP contribution in [-0.2, 0) is 11.8 Å². The number of halogens is 1. The molecular formula is C17H21FN4OS. The van der Waals surface area contributed by atoms with Gasteiger partial charge in [-0.15, -0.1) is 0 Å². The topological polar surface area (TPSA) is 41.4 Å². The van der Waals surface area contributed by atoms with Crippen LogP contribution in [0.2, 0.25) is 0 Å². The molecule has 128 valence electrons. The van der Waals surface area contributed by atoms with E-state index in [2.05, 4.69) is 4.98 Å². The van der Waals surface area contributed by atoms with Crippen LogP contribution in [0, 0.1) is 5.82 Å². The third-order valence-electron chi connectivity index (χ3n) is 4.19. The summed E-state index contributed by atoms with van der Waals surface area (Å²) >= 11 is 1.47. The van der Waals surface area contributed by atoms with E-state index < -0.39 is 0 Å². The van der Waals surface area contributed by atoms with Crippen molar-refractivity contribution in [3.8, 4) is 0 Å². The lowest BCUT2D eigenvalue weighted by Crippen LogP contribution is -2.50. The van der Waals surface area contributed by atoms with E-state index in [0.29, 0.717) is 31.9 Å². The van der Waals surface area contributed by atoms with Crippen LogP contribution in [0.25, 0.3) is 0 Å². The van der Waals surface area contributed by atoms with Crippen LogP contribution in [0.3, 0.4) is 0 Å². The fourth-order valence-electron chi connectivity index (χ4n) is 2.81. The number of hydrogen-bond donors (Lipinski definition) is 0. The summed E-state index contributed by atoms with van der Waals surface area (Å²) in [7, 11) is 1.92. The number of piperazine rings is 1. The standard InChI is InChI=1S/C17H21FN4OS/c1-13(24-17-19-7-8-20(17)2)16(23)22-11-9-21(10-12-22)15-6-4-3-5-14(15)18/h3-8,13H,9-12H2,1-2H3. The molecule has 7 heteroatoms. The number of benzene rings is 1. The molecule has 1 aliphatic heterocycles. The van der Waals surface area contributed by atoms with Crippen molar-refractivity contribution in [2.24, 2.45) is 7.05 Å². The van der Waals surface area contributed by atoms with Crippen LogP contribution in [0.1, 0.15) is 6.92 Å². The van der Waals surface area contributed by atoms with Gasteiger partial charge in [0.05, 0.1) is 10.9 Å². The quantitative estimate of drug-likeness (QED) is 0.796. The molecule has 1 unspecified atom stereocenters. The first-order chi connectivity index (χ1) is 11.6. The van der Waals surface area contributed by atoms with E-state index in [0.717, 1.165) is 5.16 Å². The Morgan fingerprint density at radius 1 is 1.25 bits per heavy atom. The average molecular weight is 348 g/mol. The number of thioether (sulfide) groups is 1. The molecule has 1 aromatic heterocycles. The fraction of sp³-hybridized carbons (Fsp3) is 0.412. The average Bonchev–Trinajstić information content (AvgIpc) is 3.00. The summed E-state index contributed by atoms with van der Waals surface area (Å²) in [5.41, 5.74) is 0.611. The molecule has 2 aromatic rings. The van der Waals surface area contributed by atoms with E-state index in [1.54, 1.807) is 18.3 Å². The molecular weight excluding hydrogens is 327 g/mol. The molecule has 1 aromatic carbocycles. The summed E-state index contributed by atoms with van der Waals surface area (Å²) < 4.78 is 15.8. The Morgan fingerprint density at radius 3 is 2.58 bits per heavy atom. The lowest BCUT2D eigenvalue weighted by Gasteiger charge is -2.37. The van der Waals surface area contributed by atoms with Gasteiger partial charge in [0.25, 0.3) is 0 Å². The molecule has 24 heavy (non-hydrogen) atoms. The largest absolute Gasteiger partial charge is 0.366 e. The number of aromatic nitrogens is 2. The molecule has 0 spiro atoms. The van der Waals surface area contributed by atoms with Gasteiger partial charge in [-0.1, -0.05) is 23.9 Å². The Labute approximate surface area is 145 Å². The number of carbonyl (C=O) groups is 1. The minimum atomic E-state index is -0.212. The highest BCUT2D eigenvalue weighted by Gasteiger charge is 2.27. The van der Waals surface area contributed by atoms with Crippen molar-refractivity contribution in [1.82, 2.24) is 14.5 Å². The van der Waals surface area contributed by atoms with Crippen LogP contribution in [0.15, 0.2) is 41.8 Å². The SMILES string of the molecule is CC(Sc1nccn1C)C(=O)N1CCN(c2ccccc2F)CC1. The third kappa shape index (κ3) is 3.56. The molecule has 1 fully saturated rings. The molecule has 0 radical (unpaired) electrons. The van der Waals surface area contributed by atoms with Gasteiger partial charge in [-0.05, 0) is 19.1 Å². The van der Waals surface area contributed by atoms with Gasteiger partial charge >= 0.3 is 0 Å². The van der Waals surface area contributed by atoms with Gasteiger partial charge in [0, 0.05) is 45.6 Å².